The number of benzene rings is 3. The van der Waals surface area contributed by atoms with Gasteiger partial charge in [-0.05, 0) is 61.4 Å². The second-order valence-electron chi connectivity index (χ2n) is 7.27. The lowest BCUT2D eigenvalue weighted by molar-refractivity contribution is 0.0787. The molecule has 1 N–H and O–H groups in total. The molecule has 4 rings (SSSR count). The molecule has 0 saturated carbocycles. The maximum Gasteiger partial charge on any atom is 0.129 e. The van der Waals surface area contributed by atoms with Crippen LogP contribution in [0.15, 0.2) is 67.0 Å². The van der Waals surface area contributed by atoms with Gasteiger partial charge in [-0.15, -0.1) is 0 Å². The van der Waals surface area contributed by atoms with Crippen molar-refractivity contribution in [2.24, 2.45) is 0 Å². The normalized spacial score (nSPS) is 11.8. The first-order valence-corrected chi connectivity index (χ1v) is 9.01. The molecule has 0 atom stereocenters. The van der Waals surface area contributed by atoms with Crippen molar-refractivity contribution in [2.75, 3.05) is 7.11 Å². The second-order valence-corrected chi connectivity index (χ2v) is 7.27. The molecule has 0 saturated heterocycles. The van der Waals surface area contributed by atoms with Crippen LogP contribution in [0.3, 0.4) is 0 Å². The third kappa shape index (κ3) is 3.25. The van der Waals surface area contributed by atoms with E-state index in [1.54, 1.807) is 26.2 Å². The molecule has 0 unspecified atom stereocenters. The summed E-state index contributed by atoms with van der Waals surface area (Å²) < 4.78 is 20.9. The molecule has 3 aromatic carbocycles. The van der Waals surface area contributed by atoms with E-state index in [0.717, 1.165) is 33.4 Å². The number of methoxy groups -OCH3 is 1. The van der Waals surface area contributed by atoms with Gasteiger partial charge in [0.1, 0.15) is 17.9 Å². The predicted molar refractivity (Wildman–Crippen MR) is 108 cm³/mol. The molecule has 142 valence electrons. The van der Waals surface area contributed by atoms with Crippen LogP contribution in [0.4, 0.5) is 4.39 Å². The van der Waals surface area contributed by atoms with Gasteiger partial charge in [-0.2, -0.15) is 0 Å². The molecular weight excluding hydrogens is 355 g/mol. The van der Waals surface area contributed by atoms with Gasteiger partial charge < -0.3 is 9.84 Å². The lowest BCUT2D eigenvalue weighted by Gasteiger charge is -2.17. The summed E-state index contributed by atoms with van der Waals surface area (Å²) in [5.74, 6) is 0.155. The van der Waals surface area contributed by atoms with Crippen molar-refractivity contribution in [2.45, 2.75) is 19.4 Å². The lowest BCUT2D eigenvalue weighted by atomic mass is 9.98. The molecule has 0 amide bonds. The lowest BCUT2D eigenvalue weighted by Crippen LogP contribution is -2.15. The fourth-order valence-corrected chi connectivity index (χ4v) is 3.33. The topological polar surface area (TPSA) is 47.3 Å². The molecule has 0 aliphatic carbocycles. The van der Waals surface area contributed by atoms with Crippen LogP contribution in [-0.4, -0.2) is 21.8 Å². The van der Waals surface area contributed by atoms with E-state index >= 15 is 0 Å². The van der Waals surface area contributed by atoms with E-state index in [0.29, 0.717) is 5.75 Å². The average molecular weight is 376 g/mol. The summed E-state index contributed by atoms with van der Waals surface area (Å²) in [5.41, 5.74) is 4.32. The molecular formula is C23H21FN2O2. The number of hydrogen-bond acceptors (Lipinski definition) is 3. The molecule has 5 heteroatoms. The first-order chi connectivity index (χ1) is 13.4. The highest BCUT2D eigenvalue weighted by Gasteiger charge is 2.17. The van der Waals surface area contributed by atoms with Gasteiger partial charge in [-0.1, -0.05) is 18.2 Å². The number of aliphatic hydroxyl groups is 1. The fourth-order valence-electron chi connectivity index (χ4n) is 3.33. The largest absolute Gasteiger partial charge is 0.496 e. The van der Waals surface area contributed by atoms with Crippen molar-refractivity contribution < 1.29 is 14.2 Å². The van der Waals surface area contributed by atoms with Crippen LogP contribution in [0, 0.1) is 5.82 Å². The number of fused-ring (bicyclic) bond motifs is 1. The van der Waals surface area contributed by atoms with Crippen molar-refractivity contribution in [1.82, 2.24) is 9.55 Å². The molecule has 1 aromatic heterocycles. The minimum Gasteiger partial charge on any atom is -0.496 e. The van der Waals surface area contributed by atoms with Gasteiger partial charge in [0.15, 0.2) is 0 Å². The van der Waals surface area contributed by atoms with Gasteiger partial charge in [0.05, 0.1) is 23.7 Å². The standard InChI is InChI=1S/C23H21FN2O2/c1-23(2,27)16-7-10-21-20(12-16)25-14-26(21)18-6-4-5-15(11-18)19-9-8-17(24)13-22(19)28-3/h4-14,27H,1-3H3. The van der Waals surface area contributed by atoms with Gasteiger partial charge >= 0.3 is 0 Å². The van der Waals surface area contributed by atoms with Gasteiger partial charge in [0, 0.05) is 17.3 Å². The molecule has 4 aromatic rings. The number of nitrogens with zero attached hydrogens (tertiary/aromatic N) is 2. The fraction of sp³-hybridized carbons (Fsp3) is 0.174. The van der Waals surface area contributed by atoms with Crippen molar-refractivity contribution >= 4 is 11.0 Å². The summed E-state index contributed by atoms with van der Waals surface area (Å²) in [4.78, 5) is 4.49. The number of aromatic nitrogens is 2. The smallest absolute Gasteiger partial charge is 0.129 e. The Morgan fingerprint density at radius 1 is 1.04 bits per heavy atom. The Hall–Kier alpha value is -3.18. The monoisotopic (exact) mass is 376 g/mol. The highest BCUT2D eigenvalue weighted by molar-refractivity contribution is 5.79. The van der Waals surface area contributed by atoms with Crippen LogP contribution in [0.2, 0.25) is 0 Å². The Morgan fingerprint density at radius 2 is 1.86 bits per heavy atom. The van der Waals surface area contributed by atoms with Crippen molar-refractivity contribution in [3.8, 4) is 22.6 Å². The highest BCUT2D eigenvalue weighted by Crippen LogP contribution is 2.32. The summed E-state index contributed by atoms with van der Waals surface area (Å²) in [6.45, 7) is 3.51. The number of imidazole rings is 1. The Kier molecular flexibility index (Phi) is 4.40. The molecule has 0 radical (unpaired) electrons. The molecule has 4 nitrogen and oxygen atoms in total. The number of ether oxygens (including phenoxy) is 1. The first-order valence-electron chi connectivity index (χ1n) is 9.01. The van der Waals surface area contributed by atoms with Crippen molar-refractivity contribution in [3.05, 3.63) is 78.4 Å². The number of halogens is 1. The van der Waals surface area contributed by atoms with E-state index in [9.17, 15) is 9.50 Å². The first kappa shape index (κ1) is 18.2. The van der Waals surface area contributed by atoms with E-state index in [1.807, 2.05) is 47.0 Å². The molecule has 28 heavy (non-hydrogen) atoms. The highest BCUT2D eigenvalue weighted by atomic mass is 19.1. The zero-order chi connectivity index (χ0) is 19.9. The molecule has 0 bridgehead atoms. The van der Waals surface area contributed by atoms with Gasteiger partial charge in [0.25, 0.3) is 0 Å². The SMILES string of the molecule is COc1cc(F)ccc1-c1cccc(-n2cnc3cc(C(C)(C)O)ccc32)c1. The zero-order valence-electron chi connectivity index (χ0n) is 16.0. The van der Waals surface area contributed by atoms with Gasteiger partial charge in [0.2, 0.25) is 0 Å². The van der Waals surface area contributed by atoms with Crippen LogP contribution in [0.1, 0.15) is 19.4 Å². The van der Waals surface area contributed by atoms with Crippen molar-refractivity contribution in [3.63, 3.8) is 0 Å². The summed E-state index contributed by atoms with van der Waals surface area (Å²) >= 11 is 0. The van der Waals surface area contributed by atoms with E-state index in [-0.39, 0.29) is 5.82 Å². The van der Waals surface area contributed by atoms with Crippen LogP contribution >= 0.6 is 0 Å². The van der Waals surface area contributed by atoms with E-state index in [2.05, 4.69) is 4.98 Å². The van der Waals surface area contributed by atoms with Crippen LogP contribution in [0.5, 0.6) is 5.75 Å². The Bertz CT molecular complexity index is 1160. The zero-order valence-corrected chi connectivity index (χ0v) is 16.0. The third-order valence-electron chi connectivity index (χ3n) is 4.85. The minimum atomic E-state index is -0.920. The number of rotatable bonds is 4. The molecule has 0 spiro atoms. The maximum atomic E-state index is 13.5. The van der Waals surface area contributed by atoms with Crippen molar-refractivity contribution in [1.29, 1.82) is 0 Å². The van der Waals surface area contributed by atoms with E-state index in [4.69, 9.17) is 4.74 Å². The van der Waals surface area contributed by atoms with Gasteiger partial charge in [-0.25, -0.2) is 9.37 Å². The van der Waals surface area contributed by atoms with Gasteiger partial charge in [-0.3, -0.25) is 4.57 Å². The summed E-state index contributed by atoms with van der Waals surface area (Å²) in [6, 6.07) is 18.2. The quantitative estimate of drug-likeness (QED) is 0.541. The third-order valence-corrected chi connectivity index (χ3v) is 4.85. The summed E-state index contributed by atoms with van der Waals surface area (Å²) in [7, 11) is 1.53. The Balaban J connectivity index is 1.80. The van der Waals surface area contributed by atoms with E-state index < -0.39 is 5.60 Å². The Labute approximate surface area is 162 Å². The van der Waals surface area contributed by atoms with Crippen LogP contribution in [-0.2, 0) is 5.60 Å². The second kappa shape index (κ2) is 6.77. The van der Waals surface area contributed by atoms with E-state index in [1.165, 1.54) is 19.2 Å². The summed E-state index contributed by atoms with van der Waals surface area (Å²) in [5, 5.41) is 10.2. The molecule has 1 heterocycles. The molecule has 0 aliphatic rings. The van der Waals surface area contributed by atoms with Crippen LogP contribution < -0.4 is 4.74 Å². The molecule has 0 aliphatic heterocycles. The average Bonchev–Trinajstić information content (AvgIpc) is 3.10. The number of hydrogen-bond donors (Lipinski definition) is 1. The Morgan fingerprint density at radius 3 is 2.61 bits per heavy atom. The summed E-state index contributed by atoms with van der Waals surface area (Å²) in [6.07, 6.45) is 1.76. The van der Waals surface area contributed by atoms with Crippen LogP contribution in [0.25, 0.3) is 27.8 Å². The predicted octanol–water partition coefficient (Wildman–Crippen LogP) is 5.07. The molecule has 0 fully saturated rings. The minimum absolute atomic E-state index is 0.333. The maximum absolute atomic E-state index is 13.5.